The third kappa shape index (κ3) is 2.40. The van der Waals surface area contributed by atoms with Gasteiger partial charge in [0.25, 0.3) is 5.95 Å². The number of halogens is 3. The van der Waals surface area contributed by atoms with Crippen LogP contribution in [0.25, 0.3) is 0 Å². The normalized spacial score (nSPS) is 9.89. The van der Waals surface area contributed by atoms with Gasteiger partial charge in [-0.2, -0.15) is 14.6 Å². The quantitative estimate of drug-likeness (QED) is 0.832. The molecular formula is C12H6F3N3. The Hall–Kier alpha value is -2.55. The van der Waals surface area contributed by atoms with E-state index < -0.39 is 23.4 Å². The molecular weight excluding hydrogens is 243 g/mol. The van der Waals surface area contributed by atoms with Crippen LogP contribution in [0.3, 0.4) is 0 Å². The average Bonchev–Trinajstić information content (AvgIpc) is 2.36. The van der Waals surface area contributed by atoms with Gasteiger partial charge in [0.05, 0.1) is 11.6 Å². The fraction of sp³-hybridized carbons (Fsp3) is 0. The summed E-state index contributed by atoms with van der Waals surface area (Å²) in [5.74, 6) is -4.21. The van der Waals surface area contributed by atoms with Crippen LogP contribution in [0.15, 0.2) is 30.3 Å². The molecule has 0 bridgehead atoms. The Morgan fingerprint density at radius 3 is 2.61 bits per heavy atom. The Kier molecular flexibility index (Phi) is 3.15. The van der Waals surface area contributed by atoms with Crippen molar-refractivity contribution in [2.75, 3.05) is 5.32 Å². The zero-order valence-electron chi connectivity index (χ0n) is 8.92. The van der Waals surface area contributed by atoms with Crippen LogP contribution in [-0.4, -0.2) is 4.98 Å². The van der Waals surface area contributed by atoms with Crippen molar-refractivity contribution >= 4 is 11.5 Å². The van der Waals surface area contributed by atoms with E-state index in [0.29, 0.717) is 17.3 Å². The Morgan fingerprint density at radius 1 is 1.11 bits per heavy atom. The molecule has 18 heavy (non-hydrogen) atoms. The maximum absolute atomic E-state index is 13.3. The van der Waals surface area contributed by atoms with Crippen LogP contribution in [-0.2, 0) is 0 Å². The minimum absolute atomic E-state index is 0.350. The van der Waals surface area contributed by atoms with Gasteiger partial charge in [-0.25, -0.2) is 8.78 Å². The number of nitriles is 1. The van der Waals surface area contributed by atoms with Crippen LogP contribution in [0.2, 0.25) is 0 Å². The van der Waals surface area contributed by atoms with E-state index in [2.05, 4.69) is 10.3 Å². The van der Waals surface area contributed by atoms with Crippen LogP contribution in [0, 0.1) is 28.9 Å². The first-order valence-corrected chi connectivity index (χ1v) is 4.89. The largest absolute Gasteiger partial charge is 0.338 e. The van der Waals surface area contributed by atoms with Crippen molar-refractivity contribution < 1.29 is 13.2 Å². The number of nitrogens with one attached hydrogen (secondary N) is 1. The summed E-state index contributed by atoms with van der Waals surface area (Å²) in [6, 6.07) is 8.40. The Labute approximate surface area is 101 Å². The first-order valence-electron chi connectivity index (χ1n) is 4.89. The molecule has 2 aromatic rings. The molecule has 90 valence electrons. The number of benzene rings is 1. The molecule has 1 heterocycles. The molecule has 2 rings (SSSR count). The van der Waals surface area contributed by atoms with Crippen LogP contribution in [0.4, 0.5) is 24.7 Å². The van der Waals surface area contributed by atoms with Crippen molar-refractivity contribution in [2.24, 2.45) is 0 Å². The summed E-state index contributed by atoms with van der Waals surface area (Å²) in [6.07, 6.45) is 0. The second kappa shape index (κ2) is 4.75. The van der Waals surface area contributed by atoms with Gasteiger partial charge in [0.2, 0.25) is 0 Å². The highest BCUT2D eigenvalue weighted by Gasteiger charge is 2.11. The Morgan fingerprint density at radius 2 is 1.89 bits per heavy atom. The molecule has 0 aliphatic rings. The van der Waals surface area contributed by atoms with Crippen molar-refractivity contribution in [2.45, 2.75) is 0 Å². The highest BCUT2D eigenvalue weighted by Crippen LogP contribution is 2.20. The summed E-state index contributed by atoms with van der Waals surface area (Å²) < 4.78 is 38.8. The van der Waals surface area contributed by atoms with Crippen LogP contribution in [0.1, 0.15) is 5.56 Å². The molecule has 0 fully saturated rings. The number of nitrogens with zero attached hydrogens (tertiary/aromatic N) is 2. The third-order valence-electron chi connectivity index (χ3n) is 2.14. The highest BCUT2D eigenvalue weighted by atomic mass is 19.2. The number of anilines is 2. The van der Waals surface area contributed by atoms with Crippen LogP contribution < -0.4 is 5.32 Å². The summed E-state index contributed by atoms with van der Waals surface area (Å²) in [4.78, 5) is 3.11. The minimum atomic E-state index is -1.39. The van der Waals surface area contributed by atoms with Crippen molar-refractivity contribution in [3.8, 4) is 6.07 Å². The minimum Gasteiger partial charge on any atom is -0.338 e. The van der Waals surface area contributed by atoms with E-state index in [4.69, 9.17) is 5.26 Å². The molecule has 0 amide bonds. The van der Waals surface area contributed by atoms with Gasteiger partial charge in [0.15, 0.2) is 17.5 Å². The van der Waals surface area contributed by atoms with Crippen molar-refractivity contribution in [1.29, 1.82) is 5.26 Å². The molecule has 1 aromatic heterocycles. The van der Waals surface area contributed by atoms with E-state index in [9.17, 15) is 13.2 Å². The van der Waals surface area contributed by atoms with E-state index in [1.165, 1.54) is 6.07 Å². The number of rotatable bonds is 2. The van der Waals surface area contributed by atoms with Crippen LogP contribution >= 0.6 is 0 Å². The number of hydrogen-bond acceptors (Lipinski definition) is 3. The smallest absolute Gasteiger partial charge is 0.251 e. The molecule has 0 radical (unpaired) electrons. The molecule has 0 saturated carbocycles. The predicted octanol–water partition coefficient (Wildman–Crippen LogP) is 3.11. The lowest BCUT2D eigenvalue weighted by Crippen LogP contribution is -2.01. The maximum atomic E-state index is 13.3. The first-order chi connectivity index (χ1) is 8.60. The summed E-state index contributed by atoms with van der Waals surface area (Å²) in [6.45, 7) is 0. The molecule has 1 N–H and O–H groups in total. The van der Waals surface area contributed by atoms with Gasteiger partial charge in [0, 0.05) is 11.8 Å². The highest BCUT2D eigenvalue weighted by molar-refractivity contribution is 5.58. The lowest BCUT2D eigenvalue weighted by molar-refractivity contribution is 0.467. The molecule has 0 atom stereocenters. The molecule has 6 heteroatoms. The van der Waals surface area contributed by atoms with E-state index in [0.717, 1.165) is 0 Å². The molecule has 1 aromatic carbocycles. The summed E-state index contributed by atoms with van der Waals surface area (Å²) >= 11 is 0. The SMILES string of the molecule is N#Cc1cccc(Nc2nc(F)c(F)cc2F)c1. The number of pyridine rings is 1. The Bertz CT molecular complexity index is 635. The topological polar surface area (TPSA) is 48.7 Å². The fourth-order valence-electron chi connectivity index (χ4n) is 1.34. The molecule has 0 unspecified atom stereocenters. The second-order valence-electron chi connectivity index (χ2n) is 3.41. The Balaban J connectivity index is 2.34. The van der Waals surface area contributed by atoms with Gasteiger partial charge < -0.3 is 5.32 Å². The molecule has 0 saturated heterocycles. The lowest BCUT2D eigenvalue weighted by Gasteiger charge is -2.07. The lowest BCUT2D eigenvalue weighted by atomic mass is 10.2. The number of hydrogen-bond donors (Lipinski definition) is 1. The van der Waals surface area contributed by atoms with E-state index in [1.54, 1.807) is 18.2 Å². The summed E-state index contributed by atoms with van der Waals surface area (Å²) in [7, 11) is 0. The van der Waals surface area contributed by atoms with Gasteiger partial charge in [-0.1, -0.05) is 6.07 Å². The van der Waals surface area contributed by atoms with Crippen molar-refractivity contribution in [3.05, 3.63) is 53.5 Å². The standard InChI is InChI=1S/C12H6F3N3/c13-9-5-10(14)12(18-11(9)15)17-8-3-1-2-7(4-8)6-16/h1-5H,(H,17,18). The zero-order chi connectivity index (χ0) is 13.1. The number of aromatic nitrogens is 1. The second-order valence-corrected chi connectivity index (χ2v) is 3.41. The van der Waals surface area contributed by atoms with Gasteiger partial charge >= 0.3 is 0 Å². The zero-order valence-corrected chi connectivity index (χ0v) is 8.92. The van der Waals surface area contributed by atoms with Gasteiger partial charge in [-0.05, 0) is 18.2 Å². The summed E-state index contributed by atoms with van der Waals surface area (Å²) in [5, 5.41) is 11.2. The van der Waals surface area contributed by atoms with Crippen molar-refractivity contribution in [1.82, 2.24) is 4.98 Å². The predicted molar refractivity (Wildman–Crippen MR) is 58.6 cm³/mol. The maximum Gasteiger partial charge on any atom is 0.251 e. The molecule has 3 nitrogen and oxygen atoms in total. The summed E-state index contributed by atoms with van der Waals surface area (Å²) in [5.41, 5.74) is 0.703. The van der Waals surface area contributed by atoms with E-state index in [1.807, 2.05) is 6.07 Å². The van der Waals surface area contributed by atoms with Crippen LogP contribution in [0.5, 0.6) is 0 Å². The van der Waals surface area contributed by atoms with Crippen molar-refractivity contribution in [3.63, 3.8) is 0 Å². The molecule has 0 aliphatic carbocycles. The van der Waals surface area contributed by atoms with E-state index in [-0.39, 0.29) is 0 Å². The molecule has 0 aliphatic heterocycles. The third-order valence-corrected chi connectivity index (χ3v) is 2.14. The first kappa shape index (κ1) is 11.9. The monoisotopic (exact) mass is 249 g/mol. The fourth-order valence-corrected chi connectivity index (χ4v) is 1.34. The van der Waals surface area contributed by atoms with E-state index >= 15 is 0 Å². The van der Waals surface area contributed by atoms with Gasteiger partial charge in [-0.15, -0.1) is 0 Å². The average molecular weight is 249 g/mol. The molecule has 0 spiro atoms. The van der Waals surface area contributed by atoms with Gasteiger partial charge in [-0.3, -0.25) is 0 Å². The van der Waals surface area contributed by atoms with Gasteiger partial charge in [0.1, 0.15) is 0 Å².